The number of rotatable bonds is 12. The Morgan fingerprint density at radius 2 is 1.54 bits per heavy atom. The van der Waals surface area contributed by atoms with Crippen LogP contribution >= 0.6 is 27.5 Å². The Hall–Kier alpha value is -2.88. The molecule has 0 bridgehead atoms. The van der Waals surface area contributed by atoms with Crippen molar-refractivity contribution in [2.24, 2.45) is 0 Å². The first kappa shape index (κ1) is 30.7. The molecule has 3 aromatic rings. The molecule has 0 aliphatic rings. The van der Waals surface area contributed by atoms with E-state index in [4.69, 9.17) is 11.6 Å². The molecule has 0 saturated heterocycles. The number of benzene rings is 3. The SMILES string of the molecule is CC[C@@H](C)NC(=O)[C@H](CC)N(Cc1ccccc1Cl)C(=O)CN(c1ccc(Br)cc1)S(=O)(=O)c1ccccc1. The second-order valence-corrected chi connectivity index (χ2v) is 12.3. The van der Waals surface area contributed by atoms with Gasteiger partial charge in [-0.05, 0) is 67.8 Å². The predicted molar refractivity (Wildman–Crippen MR) is 159 cm³/mol. The van der Waals surface area contributed by atoms with Crippen molar-refractivity contribution in [3.05, 3.63) is 93.9 Å². The molecule has 7 nitrogen and oxygen atoms in total. The summed E-state index contributed by atoms with van der Waals surface area (Å²) in [6, 6.07) is 20.8. The van der Waals surface area contributed by atoms with Gasteiger partial charge in [0.25, 0.3) is 10.0 Å². The van der Waals surface area contributed by atoms with Gasteiger partial charge in [0.2, 0.25) is 11.8 Å². The summed E-state index contributed by atoms with van der Waals surface area (Å²) in [7, 11) is -4.11. The van der Waals surface area contributed by atoms with Gasteiger partial charge in [0, 0.05) is 22.1 Å². The third-order valence-corrected chi connectivity index (χ3v) is 9.10. The lowest BCUT2D eigenvalue weighted by Gasteiger charge is -2.34. The molecule has 0 aromatic heterocycles. The summed E-state index contributed by atoms with van der Waals surface area (Å²) in [5.74, 6) is -0.822. The zero-order chi connectivity index (χ0) is 28.6. The fourth-order valence-electron chi connectivity index (χ4n) is 4.03. The number of amides is 2. The van der Waals surface area contributed by atoms with Gasteiger partial charge >= 0.3 is 0 Å². The number of sulfonamides is 1. The van der Waals surface area contributed by atoms with Gasteiger partial charge in [-0.3, -0.25) is 13.9 Å². The van der Waals surface area contributed by atoms with E-state index in [1.807, 2.05) is 20.8 Å². The van der Waals surface area contributed by atoms with Crippen molar-refractivity contribution in [1.29, 1.82) is 0 Å². The molecule has 0 aliphatic heterocycles. The third kappa shape index (κ3) is 7.84. The van der Waals surface area contributed by atoms with Crippen LogP contribution in [0.25, 0.3) is 0 Å². The molecule has 3 rings (SSSR count). The number of nitrogens with one attached hydrogen (secondary N) is 1. The molecule has 3 aromatic carbocycles. The first-order valence-corrected chi connectivity index (χ1v) is 15.4. The largest absolute Gasteiger partial charge is 0.352 e. The predicted octanol–water partition coefficient (Wildman–Crippen LogP) is 6.02. The van der Waals surface area contributed by atoms with Crippen LogP contribution in [-0.4, -0.2) is 43.8 Å². The van der Waals surface area contributed by atoms with Crippen LogP contribution in [0.3, 0.4) is 0 Å². The fraction of sp³-hybridized carbons (Fsp3) is 0.310. The Kier molecular flexibility index (Phi) is 11.0. The van der Waals surface area contributed by atoms with Crippen molar-refractivity contribution in [2.75, 3.05) is 10.8 Å². The lowest BCUT2D eigenvalue weighted by molar-refractivity contribution is -0.140. The molecular weight excluding hydrogens is 602 g/mol. The molecule has 0 heterocycles. The van der Waals surface area contributed by atoms with Gasteiger partial charge in [-0.2, -0.15) is 0 Å². The van der Waals surface area contributed by atoms with Crippen LogP contribution in [0.1, 0.15) is 39.2 Å². The standard InChI is InChI=1S/C29H33BrClN3O4S/c1-4-21(3)32-29(36)27(5-2)33(19-22-11-9-10-14-26(22)31)28(35)20-34(24-17-15-23(30)16-18-24)39(37,38)25-12-7-6-8-13-25/h6-18,21,27H,4-5,19-20H2,1-3H3,(H,32,36)/t21-,27+/m1/s1. The summed E-state index contributed by atoms with van der Waals surface area (Å²) in [5.41, 5.74) is 0.980. The van der Waals surface area contributed by atoms with Crippen LogP contribution < -0.4 is 9.62 Å². The van der Waals surface area contributed by atoms with E-state index in [0.717, 1.165) is 15.2 Å². The minimum atomic E-state index is -4.11. The summed E-state index contributed by atoms with van der Waals surface area (Å²) >= 11 is 9.80. The Labute approximate surface area is 244 Å². The number of carbonyl (C=O) groups excluding carboxylic acids is 2. The molecule has 2 amide bonds. The second kappa shape index (κ2) is 14.0. The summed E-state index contributed by atoms with van der Waals surface area (Å²) in [6.45, 7) is 5.22. The molecule has 1 N–H and O–H groups in total. The van der Waals surface area contributed by atoms with Gasteiger partial charge in [0.15, 0.2) is 0 Å². The molecule has 0 fully saturated rings. The van der Waals surface area contributed by atoms with Gasteiger partial charge in [0.1, 0.15) is 12.6 Å². The number of anilines is 1. The zero-order valence-electron chi connectivity index (χ0n) is 22.2. The highest BCUT2D eigenvalue weighted by Gasteiger charge is 2.34. The first-order chi connectivity index (χ1) is 18.6. The summed E-state index contributed by atoms with van der Waals surface area (Å²) < 4.78 is 29.4. The zero-order valence-corrected chi connectivity index (χ0v) is 25.3. The molecule has 0 radical (unpaired) electrons. The monoisotopic (exact) mass is 633 g/mol. The van der Waals surface area contributed by atoms with E-state index in [9.17, 15) is 18.0 Å². The summed E-state index contributed by atoms with van der Waals surface area (Å²) in [5, 5.41) is 3.41. The molecule has 10 heteroatoms. The minimum absolute atomic E-state index is 0.0461. The maximum atomic E-state index is 14.0. The van der Waals surface area contributed by atoms with Crippen molar-refractivity contribution in [3.8, 4) is 0 Å². The summed E-state index contributed by atoms with van der Waals surface area (Å²) in [6.07, 6.45) is 1.06. The molecule has 0 aliphatic carbocycles. The van der Waals surface area contributed by atoms with Crippen LogP contribution in [0.4, 0.5) is 5.69 Å². The van der Waals surface area contributed by atoms with E-state index in [0.29, 0.717) is 22.7 Å². The molecule has 39 heavy (non-hydrogen) atoms. The van der Waals surface area contributed by atoms with Crippen molar-refractivity contribution >= 4 is 55.1 Å². The van der Waals surface area contributed by atoms with E-state index in [-0.39, 0.29) is 23.4 Å². The normalized spacial score (nSPS) is 12.8. The van der Waals surface area contributed by atoms with Gasteiger partial charge in [-0.1, -0.05) is 77.8 Å². The Bertz CT molecular complexity index is 1370. The number of nitrogens with zero attached hydrogens (tertiary/aromatic N) is 2. The van der Waals surface area contributed by atoms with Crippen molar-refractivity contribution in [3.63, 3.8) is 0 Å². The lowest BCUT2D eigenvalue weighted by atomic mass is 10.1. The van der Waals surface area contributed by atoms with E-state index >= 15 is 0 Å². The average molecular weight is 635 g/mol. The van der Waals surface area contributed by atoms with Crippen LogP contribution in [0.5, 0.6) is 0 Å². The minimum Gasteiger partial charge on any atom is -0.352 e. The van der Waals surface area contributed by atoms with E-state index < -0.39 is 28.5 Å². The maximum absolute atomic E-state index is 14.0. The number of hydrogen-bond donors (Lipinski definition) is 1. The van der Waals surface area contributed by atoms with Crippen LogP contribution in [0.2, 0.25) is 5.02 Å². The Morgan fingerprint density at radius 1 is 0.923 bits per heavy atom. The van der Waals surface area contributed by atoms with E-state index in [2.05, 4.69) is 21.2 Å². The van der Waals surface area contributed by atoms with Crippen LogP contribution in [0.15, 0.2) is 88.2 Å². The lowest BCUT2D eigenvalue weighted by Crippen LogP contribution is -2.53. The van der Waals surface area contributed by atoms with Crippen molar-refractivity contribution < 1.29 is 18.0 Å². The highest BCUT2D eigenvalue weighted by molar-refractivity contribution is 9.10. The third-order valence-electron chi connectivity index (χ3n) is 6.41. The maximum Gasteiger partial charge on any atom is 0.264 e. The quantitative estimate of drug-likeness (QED) is 0.264. The van der Waals surface area contributed by atoms with Crippen LogP contribution in [0, 0.1) is 0 Å². The smallest absolute Gasteiger partial charge is 0.264 e. The second-order valence-electron chi connectivity index (χ2n) is 9.16. The molecule has 0 saturated carbocycles. The highest BCUT2D eigenvalue weighted by Crippen LogP contribution is 2.27. The Balaban J connectivity index is 2.05. The molecular formula is C29H33BrClN3O4S. The molecule has 0 spiro atoms. The van der Waals surface area contributed by atoms with Crippen molar-refractivity contribution in [1.82, 2.24) is 10.2 Å². The fourth-order valence-corrected chi connectivity index (χ4v) is 5.92. The number of halogens is 2. The number of hydrogen-bond acceptors (Lipinski definition) is 4. The number of carbonyl (C=O) groups is 2. The average Bonchev–Trinajstić information content (AvgIpc) is 2.93. The van der Waals surface area contributed by atoms with Gasteiger partial charge in [-0.15, -0.1) is 0 Å². The first-order valence-electron chi connectivity index (χ1n) is 12.7. The van der Waals surface area contributed by atoms with Gasteiger partial charge in [-0.25, -0.2) is 8.42 Å². The molecule has 2 atom stereocenters. The van der Waals surface area contributed by atoms with Crippen LogP contribution in [-0.2, 0) is 26.2 Å². The van der Waals surface area contributed by atoms with Gasteiger partial charge < -0.3 is 10.2 Å². The summed E-state index contributed by atoms with van der Waals surface area (Å²) in [4.78, 5) is 28.8. The topological polar surface area (TPSA) is 86.8 Å². The highest BCUT2D eigenvalue weighted by atomic mass is 79.9. The van der Waals surface area contributed by atoms with Gasteiger partial charge in [0.05, 0.1) is 10.6 Å². The van der Waals surface area contributed by atoms with E-state index in [1.165, 1.54) is 17.0 Å². The molecule has 208 valence electrons. The van der Waals surface area contributed by atoms with Crippen molar-refractivity contribution in [2.45, 2.75) is 57.1 Å². The van der Waals surface area contributed by atoms with E-state index in [1.54, 1.807) is 66.7 Å². The molecule has 0 unspecified atom stereocenters. The Morgan fingerprint density at radius 3 is 2.13 bits per heavy atom.